The molecule has 2 atom stereocenters. The highest BCUT2D eigenvalue weighted by Crippen LogP contribution is 2.27. The quantitative estimate of drug-likeness (QED) is 0.693. The number of halogens is 1. The summed E-state index contributed by atoms with van der Waals surface area (Å²) in [5.41, 5.74) is 0.959. The SMILES string of the molecule is CCCC(C)(C=O)CN(C)C(C)c1ccc(Cl)cc1. The van der Waals surface area contributed by atoms with Gasteiger partial charge >= 0.3 is 0 Å². The zero-order valence-electron chi connectivity index (χ0n) is 12.3. The minimum atomic E-state index is -0.260. The van der Waals surface area contributed by atoms with Gasteiger partial charge in [-0.05, 0) is 38.1 Å². The second-order valence-electron chi connectivity index (χ2n) is 5.66. The highest BCUT2D eigenvalue weighted by molar-refractivity contribution is 6.30. The number of carbonyl (C=O) groups is 1. The van der Waals surface area contributed by atoms with Gasteiger partial charge in [0.25, 0.3) is 0 Å². The Morgan fingerprint density at radius 3 is 2.42 bits per heavy atom. The van der Waals surface area contributed by atoms with Crippen molar-refractivity contribution in [3.05, 3.63) is 34.9 Å². The number of hydrogen-bond acceptors (Lipinski definition) is 2. The van der Waals surface area contributed by atoms with E-state index in [1.807, 2.05) is 31.2 Å². The van der Waals surface area contributed by atoms with Crippen LogP contribution >= 0.6 is 11.6 Å². The van der Waals surface area contributed by atoms with E-state index < -0.39 is 0 Å². The molecule has 0 saturated heterocycles. The Balaban J connectivity index is 2.73. The Morgan fingerprint density at radius 1 is 1.37 bits per heavy atom. The fourth-order valence-electron chi connectivity index (χ4n) is 2.45. The van der Waals surface area contributed by atoms with Crippen LogP contribution in [-0.2, 0) is 4.79 Å². The van der Waals surface area contributed by atoms with E-state index in [9.17, 15) is 4.79 Å². The molecule has 2 nitrogen and oxygen atoms in total. The molecule has 106 valence electrons. The first kappa shape index (κ1) is 16.2. The van der Waals surface area contributed by atoms with Crippen molar-refractivity contribution in [2.75, 3.05) is 13.6 Å². The molecule has 0 spiro atoms. The number of nitrogens with zero attached hydrogens (tertiary/aromatic N) is 1. The average Bonchev–Trinajstić information content (AvgIpc) is 2.39. The summed E-state index contributed by atoms with van der Waals surface area (Å²) >= 11 is 5.91. The van der Waals surface area contributed by atoms with Crippen molar-refractivity contribution < 1.29 is 4.79 Å². The summed E-state index contributed by atoms with van der Waals surface area (Å²) in [6.07, 6.45) is 3.05. The molecule has 1 aromatic carbocycles. The van der Waals surface area contributed by atoms with E-state index in [1.165, 1.54) is 5.56 Å². The zero-order valence-corrected chi connectivity index (χ0v) is 13.1. The lowest BCUT2D eigenvalue weighted by molar-refractivity contribution is -0.116. The van der Waals surface area contributed by atoms with Crippen molar-refractivity contribution in [3.63, 3.8) is 0 Å². The summed E-state index contributed by atoms with van der Waals surface area (Å²) in [5, 5.41) is 0.752. The predicted octanol–water partition coefficient (Wildman–Crippen LogP) is 4.34. The molecule has 0 aliphatic carbocycles. The standard InChI is InChI=1S/C16H24ClNO/c1-5-10-16(3,12-19)11-18(4)13(2)14-6-8-15(17)9-7-14/h6-9,12-13H,5,10-11H2,1-4H3. The molecule has 1 rings (SSSR count). The molecule has 0 fully saturated rings. The maximum absolute atomic E-state index is 11.3. The monoisotopic (exact) mass is 281 g/mol. The van der Waals surface area contributed by atoms with Crippen LogP contribution in [0.1, 0.15) is 45.2 Å². The van der Waals surface area contributed by atoms with Crippen LogP contribution in [0.25, 0.3) is 0 Å². The number of carbonyl (C=O) groups excluding carboxylic acids is 1. The second kappa shape index (κ2) is 7.06. The van der Waals surface area contributed by atoms with Crippen LogP contribution in [0.5, 0.6) is 0 Å². The Morgan fingerprint density at radius 2 is 1.95 bits per heavy atom. The highest BCUT2D eigenvalue weighted by Gasteiger charge is 2.26. The van der Waals surface area contributed by atoms with Gasteiger partial charge in [0.2, 0.25) is 0 Å². The minimum absolute atomic E-state index is 0.260. The normalized spacial score (nSPS) is 16.1. The molecule has 2 unspecified atom stereocenters. The van der Waals surface area contributed by atoms with Crippen LogP contribution < -0.4 is 0 Å². The molecule has 0 heterocycles. The van der Waals surface area contributed by atoms with Crippen LogP contribution in [0.2, 0.25) is 5.02 Å². The zero-order chi connectivity index (χ0) is 14.5. The van der Waals surface area contributed by atoms with Crippen LogP contribution in [0.15, 0.2) is 24.3 Å². The maximum atomic E-state index is 11.3. The number of aldehydes is 1. The molecule has 0 amide bonds. The average molecular weight is 282 g/mol. The molecule has 0 aliphatic heterocycles. The van der Waals surface area contributed by atoms with Gasteiger partial charge in [-0.3, -0.25) is 4.90 Å². The summed E-state index contributed by atoms with van der Waals surface area (Å²) in [5.74, 6) is 0. The topological polar surface area (TPSA) is 20.3 Å². The van der Waals surface area contributed by atoms with Crippen molar-refractivity contribution in [2.24, 2.45) is 5.41 Å². The summed E-state index contributed by atoms with van der Waals surface area (Å²) in [6, 6.07) is 8.18. The molecule has 0 saturated carbocycles. The molecule has 3 heteroatoms. The summed E-state index contributed by atoms with van der Waals surface area (Å²) < 4.78 is 0. The van der Waals surface area contributed by atoms with Crippen molar-refractivity contribution in [1.82, 2.24) is 4.90 Å². The predicted molar refractivity (Wildman–Crippen MR) is 81.6 cm³/mol. The molecule has 19 heavy (non-hydrogen) atoms. The van der Waals surface area contributed by atoms with Crippen LogP contribution in [0.3, 0.4) is 0 Å². The van der Waals surface area contributed by atoms with E-state index in [0.717, 1.165) is 30.7 Å². The summed E-state index contributed by atoms with van der Waals surface area (Å²) in [4.78, 5) is 13.5. The lowest BCUT2D eigenvalue weighted by Crippen LogP contribution is -2.36. The van der Waals surface area contributed by atoms with Gasteiger partial charge in [-0.25, -0.2) is 0 Å². The molecule has 0 aliphatic rings. The molecule has 0 bridgehead atoms. The fourth-order valence-corrected chi connectivity index (χ4v) is 2.57. The van der Waals surface area contributed by atoms with Gasteiger partial charge < -0.3 is 4.79 Å². The number of benzene rings is 1. The lowest BCUT2D eigenvalue weighted by atomic mass is 9.86. The van der Waals surface area contributed by atoms with Gasteiger partial charge in [0, 0.05) is 23.0 Å². The third-order valence-electron chi connectivity index (χ3n) is 3.73. The van der Waals surface area contributed by atoms with Gasteiger partial charge in [0.15, 0.2) is 0 Å². The van der Waals surface area contributed by atoms with Gasteiger partial charge in [0.1, 0.15) is 6.29 Å². The van der Waals surface area contributed by atoms with Gasteiger partial charge in [-0.1, -0.05) is 44.0 Å². The van der Waals surface area contributed by atoms with Crippen molar-refractivity contribution in [1.29, 1.82) is 0 Å². The first-order valence-electron chi connectivity index (χ1n) is 6.84. The van der Waals surface area contributed by atoms with E-state index in [1.54, 1.807) is 0 Å². The number of rotatable bonds is 7. The highest BCUT2D eigenvalue weighted by atomic mass is 35.5. The van der Waals surface area contributed by atoms with Gasteiger partial charge in [0.05, 0.1) is 0 Å². The minimum Gasteiger partial charge on any atom is -0.303 e. The Hall–Kier alpha value is -0.860. The van der Waals surface area contributed by atoms with Gasteiger partial charge in [-0.2, -0.15) is 0 Å². The Kier molecular flexibility index (Phi) is 6.02. The molecular formula is C16H24ClNO. The molecular weight excluding hydrogens is 258 g/mol. The van der Waals surface area contributed by atoms with Crippen LogP contribution in [0, 0.1) is 5.41 Å². The first-order valence-corrected chi connectivity index (χ1v) is 7.21. The lowest BCUT2D eigenvalue weighted by Gasteiger charge is -2.33. The molecule has 1 aromatic rings. The van der Waals surface area contributed by atoms with E-state index in [2.05, 4.69) is 25.8 Å². The summed E-state index contributed by atoms with van der Waals surface area (Å²) in [6.45, 7) is 7.08. The Labute approximate surface area is 121 Å². The van der Waals surface area contributed by atoms with Crippen molar-refractivity contribution >= 4 is 17.9 Å². The smallest absolute Gasteiger partial charge is 0.127 e. The number of hydrogen-bond donors (Lipinski definition) is 0. The van der Waals surface area contributed by atoms with Crippen molar-refractivity contribution in [2.45, 2.75) is 39.7 Å². The van der Waals surface area contributed by atoms with E-state index in [4.69, 9.17) is 11.6 Å². The maximum Gasteiger partial charge on any atom is 0.127 e. The first-order chi connectivity index (χ1) is 8.91. The largest absolute Gasteiger partial charge is 0.303 e. The summed E-state index contributed by atoms with van der Waals surface area (Å²) in [7, 11) is 2.07. The van der Waals surface area contributed by atoms with Crippen LogP contribution in [0.4, 0.5) is 0 Å². The Bertz CT molecular complexity index is 404. The van der Waals surface area contributed by atoms with E-state index in [0.29, 0.717) is 0 Å². The van der Waals surface area contributed by atoms with E-state index in [-0.39, 0.29) is 11.5 Å². The van der Waals surface area contributed by atoms with Crippen LogP contribution in [-0.4, -0.2) is 24.8 Å². The third kappa shape index (κ3) is 4.63. The fraction of sp³-hybridized carbons (Fsp3) is 0.562. The third-order valence-corrected chi connectivity index (χ3v) is 3.98. The molecule has 0 radical (unpaired) electrons. The molecule has 0 aromatic heterocycles. The van der Waals surface area contributed by atoms with Gasteiger partial charge in [-0.15, -0.1) is 0 Å². The molecule has 0 N–H and O–H groups in total. The van der Waals surface area contributed by atoms with Crippen molar-refractivity contribution in [3.8, 4) is 0 Å². The second-order valence-corrected chi connectivity index (χ2v) is 6.10. The van der Waals surface area contributed by atoms with E-state index >= 15 is 0 Å².